The predicted octanol–water partition coefficient (Wildman–Crippen LogP) is 5.00. The van der Waals surface area contributed by atoms with Gasteiger partial charge >= 0.3 is 0 Å². The van der Waals surface area contributed by atoms with Gasteiger partial charge < -0.3 is 15.5 Å². The van der Waals surface area contributed by atoms with Gasteiger partial charge in [0.05, 0.1) is 0 Å². The average molecular weight is 397 g/mol. The van der Waals surface area contributed by atoms with Gasteiger partial charge in [-0.05, 0) is 54.1 Å². The summed E-state index contributed by atoms with van der Waals surface area (Å²) in [6.07, 6.45) is 0. The van der Waals surface area contributed by atoms with Crippen LogP contribution in [0, 0.1) is 6.92 Å². The molecule has 150 valence electrons. The highest BCUT2D eigenvalue weighted by molar-refractivity contribution is 6.06. The first kappa shape index (κ1) is 19.4. The van der Waals surface area contributed by atoms with Crippen molar-refractivity contribution in [2.75, 3.05) is 29.6 Å². The Morgan fingerprint density at radius 3 is 2.27 bits per heavy atom. The Morgan fingerprint density at radius 2 is 1.53 bits per heavy atom. The van der Waals surface area contributed by atoms with Crippen LogP contribution >= 0.6 is 0 Å². The Morgan fingerprint density at radius 1 is 0.833 bits per heavy atom. The van der Waals surface area contributed by atoms with Gasteiger partial charge in [0.1, 0.15) is 17.5 Å². The second-order valence-electron chi connectivity index (χ2n) is 7.27. The Balaban J connectivity index is 1.46. The largest absolute Gasteiger partial charge is 0.363 e. The van der Waals surface area contributed by atoms with Gasteiger partial charge in [-0.25, -0.2) is 9.97 Å². The van der Waals surface area contributed by atoms with Crippen molar-refractivity contribution in [2.24, 2.45) is 0 Å². The van der Waals surface area contributed by atoms with Crippen molar-refractivity contribution in [3.8, 4) is 0 Å². The molecule has 0 aliphatic heterocycles. The van der Waals surface area contributed by atoms with Crippen molar-refractivity contribution in [2.45, 2.75) is 6.92 Å². The molecule has 0 aliphatic carbocycles. The summed E-state index contributed by atoms with van der Waals surface area (Å²) in [7, 11) is 3.89. The molecule has 6 nitrogen and oxygen atoms in total. The van der Waals surface area contributed by atoms with Crippen molar-refractivity contribution in [3.05, 3.63) is 84.2 Å². The Hall–Kier alpha value is -3.93. The van der Waals surface area contributed by atoms with E-state index >= 15 is 0 Å². The number of aromatic nitrogens is 2. The highest BCUT2D eigenvalue weighted by Gasteiger charge is 2.08. The number of fused-ring (bicyclic) bond motifs is 1. The molecule has 1 amide bonds. The quantitative estimate of drug-likeness (QED) is 0.496. The lowest BCUT2D eigenvalue weighted by atomic mass is 10.1. The van der Waals surface area contributed by atoms with E-state index in [9.17, 15) is 4.79 Å². The van der Waals surface area contributed by atoms with E-state index in [0.29, 0.717) is 11.4 Å². The highest BCUT2D eigenvalue weighted by Crippen LogP contribution is 2.21. The number of carbonyl (C=O) groups is 1. The fraction of sp³-hybridized carbons (Fsp3) is 0.125. The molecule has 0 aliphatic rings. The van der Waals surface area contributed by atoms with Gasteiger partial charge in [-0.1, -0.05) is 30.3 Å². The maximum absolute atomic E-state index is 12.6. The van der Waals surface area contributed by atoms with Gasteiger partial charge in [0, 0.05) is 37.1 Å². The number of hydrogen-bond acceptors (Lipinski definition) is 5. The van der Waals surface area contributed by atoms with E-state index in [0.717, 1.165) is 33.8 Å². The summed E-state index contributed by atoms with van der Waals surface area (Å²) in [5, 5.41) is 8.39. The van der Waals surface area contributed by atoms with Crippen LogP contribution in [-0.2, 0) is 0 Å². The maximum Gasteiger partial charge on any atom is 0.255 e. The van der Waals surface area contributed by atoms with Crippen LogP contribution in [0.2, 0.25) is 0 Å². The van der Waals surface area contributed by atoms with Gasteiger partial charge in [0.25, 0.3) is 5.91 Å². The smallest absolute Gasteiger partial charge is 0.255 e. The Kier molecular flexibility index (Phi) is 5.30. The number of hydrogen-bond donors (Lipinski definition) is 2. The molecule has 2 N–H and O–H groups in total. The van der Waals surface area contributed by atoms with Crippen LogP contribution in [0.5, 0.6) is 0 Å². The molecule has 0 atom stereocenters. The van der Waals surface area contributed by atoms with Gasteiger partial charge in [-0.3, -0.25) is 4.79 Å². The molecule has 4 rings (SSSR count). The minimum atomic E-state index is -0.136. The van der Waals surface area contributed by atoms with Crippen LogP contribution in [0.3, 0.4) is 0 Å². The third-order valence-electron chi connectivity index (χ3n) is 4.71. The normalized spacial score (nSPS) is 10.6. The molecule has 1 heterocycles. The van der Waals surface area contributed by atoms with Crippen LogP contribution in [-0.4, -0.2) is 30.0 Å². The Bertz CT molecular complexity index is 1200. The van der Waals surface area contributed by atoms with Gasteiger partial charge in [-0.15, -0.1) is 0 Å². The van der Waals surface area contributed by atoms with Crippen LogP contribution in [0.4, 0.5) is 23.0 Å². The van der Waals surface area contributed by atoms with E-state index in [-0.39, 0.29) is 5.91 Å². The molecule has 0 bridgehead atoms. The van der Waals surface area contributed by atoms with Crippen molar-refractivity contribution in [1.29, 1.82) is 0 Å². The molecule has 6 heteroatoms. The minimum absolute atomic E-state index is 0.136. The molecule has 0 fully saturated rings. The molecule has 4 aromatic rings. The van der Waals surface area contributed by atoms with Crippen LogP contribution < -0.4 is 15.5 Å². The van der Waals surface area contributed by atoms with E-state index in [1.165, 1.54) is 0 Å². The zero-order chi connectivity index (χ0) is 21.1. The summed E-state index contributed by atoms with van der Waals surface area (Å²) in [5.41, 5.74) is 2.23. The number of carbonyl (C=O) groups excluding carboxylic acids is 1. The molecule has 0 saturated carbocycles. The minimum Gasteiger partial charge on any atom is -0.363 e. The van der Waals surface area contributed by atoms with Crippen molar-refractivity contribution >= 4 is 39.7 Å². The number of aryl methyl sites for hydroxylation is 1. The van der Waals surface area contributed by atoms with Gasteiger partial charge in [-0.2, -0.15) is 0 Å². The number of nitrogens with zero attached hydrogens (tertiary/aromatic N) is 3. The third-order valence-corrected chi connectivity index (χ3v) is 4.71. The summed E-state index contributed by atoms with van der Waals surface area (Å²) in [5.74, 6) is 2.12. The van der Waals surface area contributed by atoms with Crippen molar-refractivity contribution in [3.63, 3.8) is 0 Å². The number of nitrogens with one attached hydrogen (secondary N) is 2. The third kappa shape index (κ3) is 4.38. The molecule has 0 spiro atoms. The summed E-state index contributed by atoms with van der Waals surface area (Å²) in [4.78, 5) is 23.4. The molecule has 3 aromatic carbocycles. The second kappa shape index (κ2) is 8.21. The van der Waals surface area contributed by atoms with Crippen molar-refractivity contribution < 1.29 is 4.79 Å². The zero-order valence-corrected chi connectivity index (χ0v) is 17.2. The molecular weight excluding hydrogens is 374 g/mol. The van der Waals surface area contributed by atoms with E-state index in [2.05, 4.69) is 20.6 Å². The number of anilines is 4. The Labute approximate surface area is 175 Å². The van der Waals surface area contributed by atoms with Crippen LogP contribution in [0.25, 0.3) is 10.8 Å². The number of amides is 1. The highest BCUT2D eigenvalue weighted by atomic mass is 16.1. The summed E-state index contributed by atoms with van der Waals surface area (Å²) < 4.78 is 0. The van der Waals surface area contributed by atoms with Gasteiger partial charge in [0.2, 0.25) is 0 Å². The van der Waals surface area contributed by atoms with E-state index in [1.807, 2.05) is 98.7 Å². The second-order valence-corrected chi connectivity index (χ2v) is 7.27. The summed E-state index contributed by atoms with van der Waals surface area (Å²) in [6.45, 7) is 1.86. The molecule has 0 saturated heterocycles. The zero-order valence-electron chi connectivity index (χ0n) is 17.2. The molecular formula is C24H23N5O. The molecule has 0 radical (unpaired) electrons. The fourth-order valence-electron chi connectivity index (χ4n) is 3.16. The summed E-state index contributed by atoms with van der Waals surface area (Å²) in [6, 6.07) is 23.1. The molecule has 1 aromatic heterocycles. The maximum atomic E-state index is 12.6. The van der Waals surface area contributed by atoms with E-state index < -0.39 is 0 Å². The van der Waals surface area contributed by atoms with E-state index in [4.69, 9.17) is 0 Å². The first-order chi connectivity index (χ1) is 14.5. The van der Waals surface area contributed by atoms with Gasteiger partial charge in [0.15, 0.2) is 0 Å². The lowest BCUT2D eigenvalue weighted by Gasteiger charge is -2.14. The van der Waals surface area contributed by atoms with Crippen molar-refractivity contribution in [1.82, 2.24) is 9.97 Å². The first-order valence-corrected chi connectivity index (χ1v) is 9.68. The standard InChI is InChI=1S/C24H23N5O/c1-16-25-22(15-23(26-16)29(2)3)27-20-10-12-21(13-11-20)28-24(30)19-9-8-17-6-4-5-7-18(17)14-19/h4-15H,1-3H3,(H,28,30)(H,25,26,27). The molecule has 30 heavy (non-hydrogen) atoms. The van der Waals surface area contributed by atoms with Crippen LogP contribution in [0.1, 0.15) is 16.2 Å². The molecule has 0 unspecified atom stereocenters. The lowest BCUT2D eigenvalue weighted by Crippen LogP contribution is -2.12. The topological polar surface area (TPSA) is 70.2 Å². The SMILES string of the molecule is Cc1nc(Nc2ccc(NC(=O)c3ccc4ccccc4c3)cc2)cc(N(C)C)n1. The predicted molar refractivity (Wildman–Crippen MR) is 123 cm³/mol. The number of benzene rings is 3. The van der Waals surface area contributed by atoms with Crippen LogP contribution in [0.15, 0.2) is 72.8 Å². The monoisotopic (exact) mass is 397 g/mol. The average Bonchev–Trinajstić information content (AvgIpc) is 2.74. The summed E-state index contributed by atoms with van der Waals surface area (Å²) >= 11 is 0. The number of rotatable bonds is 5. The first-order valence-electron chi connectivity index (χ1n) is 9.68. The fourth-order valence-corrected chi connectivity index (χ4v) is 3.16. The lowest BCUT2D eigenvalue weighted by molar-refractivity contribution is 0.102. The van der Waals surface area contributed by atoms with E-state index in [1.54, 1.807) is 0 Å².